The zero-order chi connectivity index (χ0) is 13.2. The Labute approximate surface area is 112 Å². The van der Waals surface area contributed by atoms with E-state index in [2.05, 4.69) is 11.1 Å². The van der Waals surface area contributed by atoms with Gasteiger partial charge in [0.1, 0.15) is 5.69 Å². The van der Waals surface area contributed by atoms with Gasteiger partial charge in [0.25, 0.3) is 5.91 Å². The summed E-state index contributed by atoms with van der Waals surface area (Å²) in [4.78, 5) is 16.1. The fourth-order valence-electron chi connectivity index (χ4n) is 3.05. The average molecular weight is 254 g/mol. The van der Waals surface area contributed by atoms with Gasteiger partial charge in [-0.15, -0.1) is 0 Å². The van der Waals surface area contributed by atoms with Crippen LogP contribution in [0.25, 0.3) is 10.9 Å². The predicted molar refractivity (Wildman–Crippen MR) is 76.1 cm³/mol. The lowest BCUT2D eigenvalue weighted by Gasteiger charge is -2.23. The van der Waals surface area contributed by atoms with Gasteiger partial charge in [0.05, 0.1) is 5.52 Å². The topological polar surface area (TPSA) is 56.0 Å². The van der Waals surface area contributed by atoms with Crippen molar-refractivity contribution in [3.8, 4) is 0 Å². The van der Waals surface area contributed by atoms with Crippen molar-refractivity contribution in [3.05, 3.63) is 41.6 Å². The van der Waals surface area contributed by atoms with Crippen LogP contribution in [0.15, 0.2) is 30.3 Å². The standard InChI is InChI=1S/C16H18N2O/c17-16(19)15-13(11-6-2-1-3-7-11)10-12-8-4-5-9-14(12)18-15/h4-5,8-11H,1-3,6-7H2,(H2,17,19). The van der Waals surface area contributed by atoms with Gasteiger partial charge < -0.3 is 5.73 Å². The predicted octanol–water partition coefficient (Wildman–Crippen LogP) is 3.38. The molecule has 3 rings (SSSR count). The normalized spacial score (nSPS) is 16.6. The van der Waals surface area contributed by atoms with E-state index in [0.29, 0.717) is 11.6 Å². The number of rotatable bonds is 2. The molecule has 1 aromatic carbocycles. The molecule has 1 aliphatic rings. The van der Waals surface area contributed by atoms with Gasteiger partial charge >= 0.3 is 0 Å². The molecule has 3 heteroatoms. The summed E-state index contributed by atoms with van der Waals surface area (Å²) in [5, 5.41) is 1.09. The Balaban J connectivity index is 2.14. The molecular weight excluding hydrogens is 236 g/mol. The summed E-state index contributed by atoms with van der Waals surface area (Å²) in [7, 11) is 0. The van der Waals surface area contributed by atoms with E-state index in [1.165, 1.54) is 19.3 Å². The fourth-order valence-corrected chi connectivity index (χ4v) is 3.05. The third kappa shape index (κ3) is 2.33. The Kier molecular flexibility index (Phi) is 3.20. The highest BCUT2D eigenvalue weighted by atomic mass is 16.1. The van der Waals surface area contributed by atoms with Crippen molar-refractivity contribution in [1.82, 2.24) is 4.98 Å². The molecular formula is C16H18N2O. The number of primary amides is 1. The largest absolute Gasteiger partial charge is 0.364 e. The molecule has 2 N–H and O–H groups in total. The molecule has 0 bridgehead atoms. The van der Waals surface area contributed by atoms with Gasteiger partial charge in [-0.1, -0.05) is 37.5 Å². The molecule has 3 nitrogen and oxygen atoms in total. The zero-order valence-corrected chi connectivity index (χ0v) is 10.9. The summed E-state index contributed by atoms with van der Waals surface area (Å²) < 4.78 is 0. The molecule has 0 spiro atoms. The number of nitrogens with two attached hydrogens (primary N) is 1. The Morgan fingerprint density at radius 3 is 2.63 bits per heavy atom. The average Bonchev–Trinajstić information content (AvgIpc) is 2.46. The lowest BCUT2D eigenvalue weighted by molar-refractivity contribution is 0.0994. The fraction of sp³-hybridized carbons (Fsp3) is 0.375. The summed E-state index contributed by atoms with van der Waals surface area (Å²) in [6.45, 7) is 0. The minimum atomic E-state index is -0.411. The first-order valence-corrected chi connectivity index (χ1v) is 6.95. The van der Waals surface area contributed by atoms with Crippen molar-refractivity contribution in [2.75, 3.05) is 0 Å². The van der Waals surface area contributed by atoms with Crippen LogP contribution in [0, 0.1) is 0 Å². The van der Waals surface area contributed by atoms with Crippen LogP contribution in [0.5, 0.6) is 0 Å². The van der Waals surface area contributed by atoms with Crippen molar-refractivity contribution in [3.63, 3.8) is 0 Å². The quantitative estimate of drug-likeness (QED) is 0.893. The number of hydrogen-bond donors (Lipinski definition) is 1. The Morgan fingerprint density at radius 1 is 1.16 bits per heavy atom. The SMILES string of the molecule is NC(=O)c1nc2ccccc2cc1C1CCCCC1. The van der Waals surface area contributed by atoms with Crippen molar-refractivity contribution in [2.45, 2.75) is 38.0 Å². The smallest absolute Gasteiger partial charge is 0.267 e. The number of carbonyl (C=O) groups is 1. The minimum Gasteiger partial charge on any atom is -0.364 e. The van der Waals surface area contributed by atoms with Gasteiger partial charge in [-0.05, 0) is 36.5 Å². The van der Waals surface area contributed by atoms with E-state index in [9.17, 15) is 4.79 Å². The third-order valence-corrected chi connectivity index (χ3v) is 4.03. The van der Waals surface area contributed by atoms with Gasteiger partial charge in [-0.3, -0.25) is 4.79 Å². The summed E-state index contributed by atoms with van der Waals surface area (Å²) in [5.74, 6) is 0.0275. The van der Waals surface area contributed by atoms with Crippen LogP contribution < -0.4 is 5.73 Å². The zero-order valence-electron chi connectivity index (χ0n) is 10.9. The van der Waals surface area contributed by atoms with Crippen LogP contribution >= 0.6 is 0 Å². The molecule has 2 aromatic rings. The molecule has 0 unspecified atom stereocenters. The first-order valence-electron chi connectivity index (χ1n) is 6.95. The second kappa shape index (κ2) is 5.00. The number of fused-ring (bicyclic) bond motifs is 1. The minimum absolute atomic E-state index is 0.411. The van der Waals surface area contributed by atoms with Crippen molar-refractivity contribution >= 4 is 16.8 Å². The highest BCUT2D eigenvalue weighted by Crippen LogP contribution is 2.35. The molecule has 0 aliphatic heterocycles. The molecule has 0 radical (unpaired) electrons. The van der Waals surface area contributed by atoms with Crippen LogP contribution in [0.1, 0.15) is 54.1 Å². The summed E-state index contributed by atoms with van der Waals surface area (Å²) in [5.41, 5.74) is 7.86. The van der Waals surface area contributed by atoms with Gasteiger partial charge in [0, 0.05) is 5.39 Å². The van der Waals surface area contributed by atoms with E-state index >= 15 is 0 Å². The van der Waals surface area contributed by atoms with Crippen LogP contribution in [-0.4, -0.2) is 10.9 Å². The highest BCUT2D eigenvalue weighted by molar-refractivity contribution is 5.95. The first kappa shape index (κ1) is 12.2. The first-order chi connectivity index (χ1) is 9.25. The Hall–Kier alpha value is -1.90. The van der Waals surface area contributed by atoms with E-state index in [1.54, 1.807) is 0 Å². The second-order valence-electron chi connectivity index (χ2n) is 5.32. The second-order valence-corrected chi connectivity index (χ2v) is 5.32. The van der Waals surface area contributed by atoms with Crippen molar-refractivity contribution in [2.24, 2.45) is 5.73 Å². The monoisotopic (exact) mass is 254 g/mol. The third-order valence-electron chi connectivity index (χ3n) is 4.03. The number of pyridine rings is 1. The summed E-state index contributed by atoms with van der Waals surface area (Å²) >= 11 is 0. The van der Waals surface area contributed by atoms with E-state index in [0.717, 1.165) is 29.3 Å². The maximum atomic E-state index is 11.7. The van der Waals surface area contributed by atoms with E-state index in [1.807, 2.05) is 24.3 Å². The van der Waals surface area contributed by atoms with Crippen LogP contribution in [0.3, 0.4) is 0 Å². The number of benzene rings is 1. The molecule has 1 amide bonds. The summed E-state index contributed by atoms with van der Waals surface area (Å²) in [6, 6.07) is 10.0. The van der Waals surface area contributed by atoms with E-state index in [4.69, 9.17) is 5.73 Å². The van der Waals surface area contributed by atoms with Crippen LogP contribution in [0.4, 0.5) is 0 Å². The molecule has 19 heavy (non-hydrogen) atoms. The van der Waals surface area contributed by atoms with Crippen LogP contribution in [-0.2, 0) is 0 Å². The van der Waals surface area contributed by atoms with Crippen molar-refractivity contribution in [1.29, 1.82) is 0 Å². The van der Waals surface area contributed by atoms with Gasteiger partial charge in [0.2, 0.25) is 0 Å². The number of aromatic nitrogens is 1. The number of nitrogens with zero attached hydrogens (tertiary/aromatic N) is 1. The maximum absolute atomic E-state index is 11.7. The van der Waals surface area contributed by atoms with Gasteiger partial charge in [-0.25, -0.2) is 4.98 Å². The number of carbonyl (C=O) groups excluding carboxylic acids is 1. The molecule has 1 aliphatic carbocycles. The van der Waals surface area contributed by atoms with E-state index < -0.39 is 5.91 Å². The highest BCUT2D eigenvalue weighted by Gasteiger charge is 2.22. The van der Waals surface area contributed by atoms with Gasteiger partial charge in [-0.2, -0.15) is 0 Å². The molecule has 1 fully saturated rings. The molecule has 0 atom stereocenters. The van der Waals surface area contributed by atoms with Crippen LogP contribution in [0.2, 0.25) is 0 Å². The van der Waals surface area contributed by atoms with Crippen molar-refractivity contribution < 1.29 is 4.79 Å². The lowest BCUT2D eigenvalue weighted by atomic mass is 9.83. The Bertz CT molecular complexity index is 615. The maximum Gasteiger partial charge on any atom is 0.267 e. The molecule has 1 aromatic heterocycles. The molecule has 98 valence electrons. The summed E-state index contributed by atoms with van der Waals surface area (Å²) in [6.07, 6.45) is 6.04. The lowest BCUT2D eigenvalue weighted by Crippen LogP contribution is -2.18. The van der Waals surface area contributed by atoms with E-state index in [-0.39, 0.29) is 0 Å². The molecule has 1 saturated carbocycles. The Morgan fingerprint density at radius 2 is 1.89 bits per heavy atom. The molecule has 0 saturated heterocycles. The van der Waals surface area contributed by atoms with Gasteiger partial charge in [0.15, 0.2) is 0 Å². The number of para-hydroxylation sites is 1. The number of amides is 1. The number of hydrogen-bond acceptors (Lipinski definition) is 2. The molecule has 1 heterocycles.